The molecule has 1 heterocycles. The lowest BCUT2D eigenvalue weighted by Gasteiger charge is -2.28. The standard InChI is InChI=1S/C22H28N2O/c1-6-23(7-2)17-10-12-19-16(5)20-13-11-18(24(8-3)9-4)15-22(20)25-21(19)14-17/h10-15H,5-9H2,1-4H3. The molecular weight excluding hydrogens is 308 g/mol. The van der Waals surface area contributed by atoms with E-state index < -0.39 is 0 Å². The van der Waals surface area contributed by atoms with E-state index in [1.165, 1.54) is 11.4 Å². The molecule has 0 bridgehead atoms. The zero-order valence-corrected chi connectivity index (χ0v) is 15.8. The lowest BCUT2D eigenvalue weighted by Crippen LogP contribution is -2.22. The molecule has 0 spiro atoms. The first kappa shape index (κ1) is 17.4. The van der Waals surface area contributed by atoms with Gasteiger partial charge in [0.25, 0.3) is 0 Å². The minimum atomic E-state index is 0.901. The Morgan fingerprint density at radius 1 is 0.720 bits per heavy atom. The van der Waals surface area contributed by atoms with Gasteiger partial charge in [0.05, 0.1) is 0 Å². The number of nitrogens with zero attached hydrogens (tertiary/aromatic N) is 2. The molecule has 1 aliphatic rings. The van der Waals surface area contributed by atoms with E-state index in [9.17, 15) is 0 Å². The molecule has 2 aromatic rings. The van der Waals surface area contributed by atoms with Crippen molar-refractivity contribution in [1.82, 2.24) is 0 Å². The summed E-state index contributed by atoms with van der Waals surface area (Å²) in [6, 6.07) is 12.9. The summed E-state index contributed by atoms with van der Waals surface area (Å²) in [6.45, 7) is 17.0. The zero-order valence-electron chi connectivity index (χ0n) is 15.8. The van der Waals surface area contributed by atoms with E-state index in [4.69, 9.17) is 4.74 Å². The molecule has 1 aliphatic heterocycles. The van der Waals surface area contributed by atoms with Gasteiger partial charge in [0, 0.05) is 60.8 Å². The average molecular weight is 336 g/mol. The van der Waals surface area contributed by atoms with Gasteiger partial charge in [-0.05, 0) is 57.5 Å². The van der Waals surface area contributed by atoms with Crippen molar-refractivity contribution in [2.75, 3.05) is 36.0 Å². The molecule has 0 fully saturated rings. The van der Waals surface area contributed by atoms with Gasteiger partial charge in [0.2, 0.25) is 0 Å². The van der Waals surface area contributed by atoms with Gasteiger partial charge in [0.1, 0.15) is 11.5 Å². The first-order chi connectivity index (χ1) is 12.1. The molecule has 25 heavy (non-hydrogen) atoms. The van der Waals surface area contributed by atoms with Crippen molar-refractivity contribution in [2.45, 2.75) is 27.7 Å². The Morgan fingerprint density at radius 3 is 1.48 bits per heavy atom. The summed E-state index contributed by atoms with van der Waals surface area (Å²) in [7, 11) is 0. The monoisotopic (exact) mass is 336 g/mol. The van der Waals surface area contributed by atoms with Gasteiger partial charge in [-0.1, -0.05) is 6.58 Å². The van der Waals surface area contributed by atoms with Crippen LogP contribution >= 0.6 is 0 Å². The van der Waals surface area contributed by atoms with E-state index in [1.807, 2.05) is 0 Å². The first-order valence-electron chi connectivity index (χ1n) is 9.28. The highest BCUT2D eigenvalue weighted by Crippen LogP contribution is 2.45. The fourth-order valence-electron chi connectivity index (χ4n) is 3.52. The second-order valence-electron chi connectivity index (χ2n) is 6.29. The topological polar surface area (TPSA) is 15.7 Å². The predicted octanol–water partition coefficient (Wildman–Crippen LogP) is 5.55. The van der Waals surface area contributed by atoms with Gasteiger partial charge in [-0.25, -0.2) is 0 Å². The summed E-state index contributed by atoms with van der Waals surface area (Å²) in [6.07, 6.45) is 0. The predicted molar refractivity (Wildman–Crippen MR) is 108 cm³/mol. The van der Waals surface area contributed by atoms with Gasteiger partial charge >= 0.3 is 0 Å². The minimum absolute atomic E-state index is 0.901. The normalized spacial score (nSPS) is 12.2. The lowest BCUT2D eigenvalue weighted by atomic mass is 9.94. The molecule has 0 saturated carbocycles. The van der Waals surface area contributed by atoms with Crippen molar-refractivity contribution in [3.63, 3.8) is 0 Å². The number of benzene rings is 2. The largest absolute Gasteiger partial charge is 0.456 e. The van der Waals surface area contributed by atoms with E-state index in [1.54, 1.807) is 0 Å². The first-order valence-corrected chi connectivity index (χ1v) is 9.28. The van der Waals surface area contributed by atoms with Crippen LogP contribution in [0, 0.1) is 0 Å². The maximum Gasteiger partial charge on any atom is 0.137 e. The maximum absolute atomic E-state index is 6.29. The van der Waals surface area contributed by atoms with Crippen LogP contribution in [0.4, 0.5) is 11.4 Å². The van der Waals surface area contributed by atoms with Crippen molar-refractivity contribution < 1.29 is 4.74 Å². The lowest BCUT2D eigenvalue weighted by molar-refractivity contribution is 0.474. The van der Waals surface area contributed by atoms with Gasteiger partial charge in [-0.15, -0.1) is 0 Å². The van der Waals surface area contributed by atoms with Crippen LogP contribution in [0.2, 0.25) is 0 Å². The molecule has 0 N–H and O–H groups in total. The van der Waals surface area contributed by atoms with Crippen LogP contribution in [0.3, 0.4) is 0 Å². The fraction of sp³-hybridized carbons (Fsp3) is 0.364. The number of fused-ring (bicyclic) bond motifs is 2. The molecule has 0 aromatic heterocycles. The van der Waals surface area contributed by atoms with E-state index in [-0.39, 0.29) is 0 Å². The zero-order chi connectivity index (χ0) is 18.0. The molecule has 0 amide bonds. The van der Waals surface area contributed by atoms with Crippen molar-refractivity contribution in [3.8, 4) is 11.5 Å². The number of ether oxygens (including phenoxy) is 1. The summed E-state index contributed by atoms with van der Waals surface area (Å²) >= 11 is 0. The van der Waals surface area contributed by atoms with Crippen LogP contribution in [0.25, 0.3) is 5.57 Å². The highest BCUT2D eigenvalue weighted by Gasteiger charge is 2.22. The summed E-state index contributed by atoms with van der Waals surface area (Å²) in [4.78, 5) is 4.66. The van der Waals surface area contributed by atoms with Crippen LogP contribution in [-0.2, 0) is 0 Å². The van der Waals surface area contributed by atoms with Gasteiger partial charge in [-0.2, -0.15) is 0 Å². The smallest absolute Gasteiger partial charge is 0.137 e. The summed E-state index contributed by atoms with van der Waals surface area (Å²) < 4.78 is 6.29. The van der Waals surface area contributed by atoms with Crippen molar-refractivity contribution in [2.24, 2.45) is 0 Å². The third-order valence-electron chi connectivity index (χ3n) is 5.06. The second-order valence-corrected chi connectivity index (χ2v) is 6.29. The molecule has 0 saturated heterocycles. The fourth-order valence-corrected chi connectivity index (χ4v) is 3.52. The molecule has 3 rings (SSSR count). The second kappa shape index (κ2) is 7.22. The molecule has 0 unspecified atom stereocenters. The van der Waals surface area contributed by atoms with Crippen LogP contribution in [-0.4, -0.2) is 26.2 Å². The molecule has 2 aromatic carbocycles. The minimum Gasteiger partial charge on any atom is -0.456 e. The average Bonchev–Trinajstić information content (AvgIpc) is 2.63. The highest BCUT2D eigenvalue weighted by atomic mass is 16.5. The molecular formula is C22H28N2O. The van der Waals surface area contributed by atoms with Crippen molar-refractivity contribution in [3.05, 3.63) is 54.1 Å². The number of rotatable bonds is 6. The quantitative estimate of drug-likeness (QED) is 0.587. The third-order valence-corrected chi connectivity index (χ3v) is 5.06. The van der Waals surface area contributed by atoms with Crippen molar-refractivity contribution in [1.29, 1.82) is 0 Å². The van der Waals surface area contributed by atoms with Gasteiger partial charge in [0.15, 0.2) is 0 Å². The molecule has 3 heteroatoms. The third kappa shape index (κ3) is 3.11. The summed E-state index contributed by atoms with van der Waals surface area (Å²) in [5.74, 6) is 1.80. The summed E-state index contributed by atoms with van der Waals surface area (Å²) in [5, 5.41) is 0. The Labute approximate surface area is 151 Å². The summed E-state index contributed by atoms with van der Waals surface area (Å²) in [5.41, 5.74) is 5.59. The van der Waals surface area contributed by atoms with E-state index in [2.05, 4.69) is 80.5 Å². The highest BCUT2D eigenvalue weighted by molar-refractivity contribution is 5.88. The van der Waals surface area contributed by atoms with Gasteiger partial charge in [-0.3, -0.25) is 0 Å². The molecule has 132 valence electrons. The number of hydrogen-bond acceptors (Lipinski definition) is 3. The molecule has 0 atom stereocenters. The van der Waals surface area contributed by atoms with Crippen LogP contribution < -0.4 is 14.5 Å². The number of hydrogen-bond donors (Lipinski definition) is 0. The molecule has 0 radical (unpaired) electrons. The Bertz CT molecular complexity index is 710. The number of anilines is 2. The Balaban J connectivity index is 2.00. The van der Waals surface area contributed by atoms with Gasteiger partial charge < -0.3 is 14.5 Å². The van der Waals surface area contributed by atoms with E-state index in [0.29, 0.717) is 0 Å². The SMILES string of the molecule is C=C1c2ccc(N(CC)CC)cc2Oc2cc(N(CC)CC)ccc21. The maximum atomic E-state index is 6.29. The Hall–Kier alpha value is -2.42. The molecule has 3 nitrogen and oxygen atoms in total. The van der Waals surface area contributed by atoms with Crippen molar-refractivity contribution >= 4 is 16.9 Å². The van der Waals surface area contributed by atoms with E-state index in [0.717, 1.165) is 54.4 Å². The Morgan fingerprint density at radius 2 is 1.12 bits per heavy atom. The molecule has 0 aliphatic carbocycles. The van der Waals surface area contributed by atoms with Crippen LogP contribution in [0.5, 0.6) is 11.5 Å². The van der Waals surface area contributed by atoms with E-state index >= 15 is 0 Å². The Kier molecular flexibility index (Phi) is 5.03. The van der Waals surface area contributed by atoms with Crippen LogP contribution in [0.1, 0.15) is 38.8 Å². The van der Waals surface area contributed by atoms with Crippen LogP contribution in [0.15, 0.2) is 43.0 Å².